The van der Waals surface area contributed by atoms with Crippen LogP contribution in [0, 0.1) is 0 Å². The second-order valence-electron chi connectivity index (χ2n) is 4.80. The van der Waals surface area contributed by atoms with E-state index in [9.17, 15) is 15.3 Å². The highest BCUT2D eigenvalue weighted by atomic mass is 35.5. The Morgan fingerprint density at radius 1 is 1.29 bits per heavy atom. The van der Waals surface area contributed by atoms with Gasteiger partial charge in [0.25, 0.3) is 5.91 Å². The smallest absolute Gasteiger partial charge is 0.285 e. The van der Waals surface area contributed by atoms with Gasteiger partial charge in [-0.1, -0.05) is 23.2 Å². The third kappa shape index (κ3) is 2.13. The van der Waals surface area contributed by atoms with Gasteiger partial charge >= 0.3 is 0 Å². The summed E-state index contributed by atoms with van der Waals surface area (Å²) >= 11 is 11.8. The predicted molar refractivity (Wildman–Crippen MR) is 73.9 cm³/mol. The second-order valence-corrected chi connectivity index (χ2v) is 5.62. The van der Waals surface area contributed by atoms with Crippen LogP contribution in [0.3, 0.4) is 0 Å². The molecule has 1 fully saturated rings. The van der Waals surface area contributed by atoms with Gasteiger partial charge < -0.3 is 25.2 Å². The fourth-order valence-electron chi connectivity index (χ4n) is 2.39. The van der Waals surface area contributed by atoms with Crippen molar-refractivity contribution in [3.63, 3.8) is 0 Å². The minimum Gasteiger partial charge on any atom is -0.394 e. The van der Waals surface area contributed by atoms with Crippen LogP contribution in [-0.2, 0) is 10.6 Å². The van der Waals surface area contributed by atoms with E-state index in [2.05, 4.69) is 4.98 Å². The number of ether oxygens (including phenoxy) is 1. The Hall–Kier alpha value is -0.930. The van der Waals surface area contributed by atoms with E-state index in [1.807, 2.05) is 0 Å². The number of hydrogen-bond donors (Lipinski definition) is 4. The highest BCUT2D eigenvalue weighted by Gasteiger charge is 2.55. The molecule has 0 amide bonds. The van der Waals surface area contributed by atoms with Gasteiger partial charge in [-0.05, 0) is 12.1 Å². The molecular formula is C12H12Cl2N2O5. The minimum atomic E-state index is -2.27. The lowest BCUT2D eigenvalue weighted by Crippen LogP contribution is -2.45. The molecule has 7 nitrogen and oxygen atoms in total. The number of benzene rings is 1. The molecule has 21 heavy (non-hydrogen) atoms. The topological polar surface area (TPSA) is 108 Å². The molecule has 0 spiro atoms. The number of aromatic nitrogens is 2. The minimum absolute atomic E-state index is 0.237. The molecule has 3 rings (SSSR count). The van der Waals surface area contributed by atoms with E-state index in [4.69, 9.17) is 33.0 Å². The van der Waals surface area contributed by atoms with Crippen molar-refractivity contribution in [3.05, 3.63) is 28.5 Å². The SMILES string of the molecule is OC[C@H]1O[C@](O)(n2cnc3cc(Cl)c(Cl)cc32)[C@H](O)[C@@H]1O. The fraction of sp³-hybridized carbons (Fsp3) is 0.417. The first-order valence-corrected chi connectivity index (χ1v) is 6.84. The third-order valence-corrected chi connectivity index (χ3v) is 4.25. The molecule has 1 saturated heterocycles. The molecule has 4 N–H and O–H groups in total. The van der Waals surface area contributed by atoms with Gasteiger partial charge in [0.1, 0.15) is 18.5 Å². The van der Waals surface area contributed by atoms with Gasteiger partial charge in [0.05, 0.1) is 27.7 Å². The van der Waals surface area contributed by atoms with E-state index in [0.717, 1.165) is 4.57 Å². The first-order chi connectivity index (χ1) is 9.88. The largest absolute Gasteiger partial charge is 0.394 e. The van der Waals surface area contributed by atoms with Crippen LogP contribution in [0.4, 0.5) is 0 Å². The highest BCUT2D eigenvalue weighted by Crippen LogP contribution is 2.37. The maximum atomic E-state index is 10.6. The third-order valence-electron chi connectivity index (χ3n) is 3.53. The summed E-state index contributed by atoms with van der Waals surface area (Å²) < 4.78 is 6.33. The van der Waals surface area contributed by atoms with Crippen molar-refractivity contribution < 1.29 is 25.2 Å². The number of nitrogens with zero attached hydrogens (tertiary/aromatic N) is 2. The molecule has 114 valence electrons. The van der Waals surface area contributed by atoms with Crippen molar-refractivity contribution in [3.8, 4) is 0 Å². The second kappa shape index (κ2) is 5.06. The molecule has 0 radical (unpaired) electrons. The Morgan fingerprint density at radius 3 is 2.57 bits per heavy atom. The zero-order valence-electron chi connectivity index (χ0n) is 10.5. The van der Waals surface area contributed by atoms with Gasteiger partial charge in [-0.3, -0.25) is 4.57 Å². The fourth-order valence-corrected chi connectivity index (χ4v) is 2.71. The zero-order valence-corrected chi connectivity index (χ0v) is 12.0. The van der Waals surface area contributed by atoms with E-state index in [-0.39, 0.29) is 5.02 Å². The number of hydrogen-bond acceptors (Lipinski definition) is 6. The molecule has 1 aromatic heterocycles. The van der Waals surface area contributed by atoms with Crippen molar-refractivity contribution in [1.82, 2.24) is 9.55 Å². The molecule has 0 bridgehead atoms. The Bertz CT molecular complexity index is 694. The molecule has 1 aliphatic rings. The van der Waals surface area contributed by atoms with Gasteiger partial charge in [0.2, 0.25) is 0 Å². The summed E-state index contributed by atoms with van der Waals surface area (Å²) in [6.45, 7) is -0.556. The Morgan fingerprint density at radius 2 is 1.95 bits per heavy atom. The maximum Gasteiger partial charge on any atom is 0.285 e. The van der Waals surface area contributed by atoms with E-state index in [0.29, 0.717) is 16.1 Å². The molecule has 0 aliphatic carbocycles. The summed E-state index contributed by atoms with van der Waals surface area (Å²) in [4.78, 5) is 4.05. The Kier molecular flexibility index (Phi) is 3.61. The summed E-state index contributed by atoms with van der Waals surface area (Å²) in [6, 6.07) is 2.96. The van der Waals surface area contributed by atoms with Gasteiger partial charge in [-0.2, -0.15) is 0 Å². The summed E-state index contributed by atoms with van der Waals surface area (Å²) in [7, 11) is 0. The molecule has 0 saturated carbocycles. The van der Waals surface area contributed by atoms with Crippen LogP contribution in [-0.4, -0.2) is 54.9 Å². The Labute approximate surface area is 128 Å². The quantitative estimate of drug-likeness (QED) is 0.618. The van der Waals surface area contributed by atoms with Gasteiger partial charge in [0, 0.05) is 0 Å². The number of rotatable bonds is 2. The summed E-state index contributed by atoms with van der Waals surface area (Å²) in [6.07, 6.45) is -3.00. The lowest BCUT2D eigenvalue weighted by atomic mass is 10.1. The number of aliphatic hydroxyl groups is 4. The summed E-state index contributed by atoms with van der Waals surface area (Å²) in [5.41, 5.74) is 0.785. The van der Waals surface area contributed by atoms with Crippen molar-refractivity contribution in [2.45, 2.75) is 24.2 Å². The molecule has 4 atom stereocenters. The van der Waals surface area contributed by atoms with Crippen LogP contribution in [0.2, 0.25) is 10.0 Å². The first-order valence-electron chi connectivity index (χ1n) is 6.08. The lowest BCUT2D eigenvalue weighted by Gasteiger charge is -2.27. The van der Waals surface area contributed by atoms with Crippen LogP contribution < -0.4 is 0 Å². The number of fused-ring (bicyclic) bond motifs is 1. The molecular weight excluding hydrogens is 323 g/mol. The van der Waals surface area contributed by atoms with Crippen LogP contribution in [0.25, 0.3) is 11.0 Å². The van der Waals surface area contributed by atoms with Gasteiger partial charge in [-0.15, -0.1) is 0 Å². The van der Waals surface area contributed by atoms with Crippen molar-refractivity contribution in [1.29, 1.82) is 0 Å². The monoisotopic (exact) mass is 334 g/mol. The van der Waals surface area contributed by atoms with Gasteiger partial charge in [0.15, 0.2) is 6.10 Å². The lowest BCUT2D eigenvalue weighted by molar-refractivity contribution is -0.286. The van der Waals surface area contributed by atoms with E-state index in [1.54, 1.807) is 0 Å². The van der Waals surface area contributed by atoms with Gasteiger partial charge in [-0.25, -0.2) is 4.98 Å². The molecule has 2 heterocycles. The molecule has 2 aromatic rings. The maximum absolute atomic E-state index is 10.6. The zero-order chi connectivity index (χ0) is 15.4. The van der Waals surface area contributed by atoms with Crippen LogP contribution >= 0.6 is 23.2 Å². The Balaban J connectivity index is 2.14. The molecule has 0 unspecified atom stereocenters. The van der Waals surface area contributed by atoms with E-state index >= 15 is 0 Å². The number of aliphatic hydroxyl groups excluding tert-OH is 3. The van der Waals surface area contributed by atoms with E-state index in [1.165, 1.54) is 18.5 Å². The number of imidazole rings is 1. The predicted octanol–water partition coefficient (Wildman–Crippen LogP) is 0.0586. The van der Waals surface area contributed by atoms with E-state index < -0.39 is 30.8 Å². The average molecular weight is 335 g/mol. The van der Waals surface area contributed by atoms with Crippen molar-refractivity contribution in [2.75, 3.05) is 6.61 Å². The summed E-state index contributed by atoms with van der Waals surface area (Å²) in [5.74, 6) is -2.27. The van der Waals surface area contributed by atoms with Crippen molar-refractivity contribution >= 4 is 34.2 Å². The first kappa shape index (κ1) is 15.0. The van der Waals surface area contributed by atoms with Crippen LogP contribution in [0.15, 0.2) is 18.5 Å². The highest BCUT2D eigenvalue weighted by molar-refractivity contribution is 6.42. The van der Waals surface area contributed by atoms with Crippen LogP contribution in [0.5, 0.6) is 0 Å². The molecule has 1 aromatic carbocycles. The van der Waals surface area contributed by atoms with Crippen molar-refractivity contribution in [2.24, 2.45) is 0 Å². The summed E-state index contributed by atoms with van der Waals surface area (Å²) in [5, 5.41) is 40.0. The number of halogens is 2. The normalized spacial score (nSPS) is 33.0. The van der Waals surface area contributed by atoms with Crippen LogP contribution in [0.1, 0.15) is 0 Å². The molecule has 9 heteroatoms. The average Bonchev–Trinajstić information content (AvgIpc) is 2.95. The molecule has 1 aliphatic heterocycles. The standard InChI is InChI=1S/C12H12Cl2N2O5/c13-5-1-7-8(2-6(5)14)16(4-15-7)12(20)11(19)10(18)9(3-17)21-12/h1-2,4,9-11,17-20H,3H2/t9-,10-,11-,12+/m1/s1.